The first-order valence-corrected chi connectivity index (χ1v) is 6.92. The molecule has 0 saturated heterocycles. The van der Waals surface area contributed by atoms with Gasteiger partial charge in [0.2, 0.25) is 0 Å². The van der Waals surface area contributed by atoms with Crippen molar-refractivity contribution in [2.45, 2.75) is 52.5 Å². The second-order valence-electron chi connectivity index (χ2n) is 5.67. The number of aryl methyl sites for hydroxylation is 1. The van der Waals surface area contributed by atoms with Crippen LogP contribution in [0, 0.1) is 23.7 Å². The van der Waals surface area contributed by atoms with Gasteiger partial charge >= 0.3 is 0 Å². The average Bonchev–Trinajstić information content (AvgIpc) is 2.62. The largest absolute Gasteiger partial charge is 0.372 e. The molecule has 0 amide bonds. The maximum Gasteiger partial charge on any atom is 0.127 e. The number of nitriles is 1. The van der Waals surface area contributed by atoms with Crippen molar-refractivity contribution >= 4 is 16.5 Å². The molecule has 1 aromatic heterocycles. The minimum Gasteiger partial charge on any atom is -0.372 e. The molecule has 0 atom stereocenters. The fourth-order valence-corrected chi connectivity index (χ4v) is 3.15. The molecule has 0 aromatic carbocycles. The smallest absolute Gasteiger partial charge is 0.127 e. The fraction of sp³-hybridized carbons (Fsp3) is 0.692. The van der Waals surface area contributed by atoms with Crippen molar-refractivity contribution in [1.82, 2.24) is 4.37 Å². The van der Waals surface area contributed by atoms with Gasteiger partial charge in [-0.15, -0.1) is 0 Å². The van der Waals surface area contributed by atoms with Crippen molar-refractivity contribution in [1.29, 1.82) is 5.26 Å². The Balaban J connectivity index is 2.01. The highest BCUT2D eigenvalue weighted by molar-refractivity contribution is 7.10. The number of hydrogen-bond donors (Lipinski definition) is 1. The van der Waals surface area contributed by atoms with E-state index < -0.39 is 0 Å². The van der Waals surface area contributed by atoms with Crippen molar-refractivity contribution in [3.8, 4) is 6.07 Å². The van der Waals surface area contributed by atoms with Gasteiger partial charge in [-0.25, -0.2) is 0 Å². The lowest BCUT2D eigenvalue weighted by molar-refractivity contribution is 0.232. The summed E-state index contributed by atoms with van der Waals surface area (Å²) >= 11 is 1.41. The van der Waals surface area contributed by atoms with E-state index in [0.717, 1.165) is 16.3 Å². The van der Waals surface area contributed by atoms with Crippen molar-refractivity contribution < 1.29 is 0 Å². The van der Waals surface area contributed by atoms with Crippen LogP contribution in [0.15, 0.2) is 0 Å². The zero-order chi connectivity index (χ0) is 12.5. The summed E-state index contributed by atoms with van der Waals surface area (Å²) in [5.74, 6) is 0. The Morgan fingerprint density at radius 2 is 2.06 bits per heavy atom. The lowest BCUT2D eigenvalue weighted by atomic mass is 9.75. The molecule has 1 saturated carbocycles. The first kappa shape index (κ1) is 12.4. The number of hydrogen-bond acceptors (Lipinski definition) is 4. The van der Waals surface area contributed by atoms with E-state index in [4.69, 9.17) is 5.26 Å². The predicted molar refractivity (Wildman–Crippen MR) is 71.2 cm³/mol. The van der Waals surface area contributed by atoms with Gasteiger partial charge in [0.25, 0.3) is 0 Å². The molecule has 1 aliphatic rings. The summed E-state index contributed by atoms with van der Waals surface area (Å²) in [7, 11) is 0. The summed E-state index contributed by atoms with van der Waals surface area (Å²) in [6.45, 7) is 6.56. The third-order valence-electron chi connectivity index (χ3n) is 3.65. The normalized spacial score (nSPS) is 19.9. The van der Waals surface area contributed by atoms with E-state index in [-0.39, 0.29) is 0 Å². The maximum atomic E-state index is 9.08. The summed E-state index contributed by atoms with van der Waals surface area (Å²) in [6.07, 6.45) is 4.89. The van der Waals surface area contributed by atoms with Crippen LogP contribution in [0.1, 0.15) is 50.8 Å². The van der Waals surface area contributed by atoms with Crippen LogP contribution in [-0.4, -0.2) is 10.4 Å². The average molecular weight is 249 g/mol. The van der Waals surface area contributed by atoms with Crippen molar-refractivity contribution in [3.05, 3.63) is 11.3 Å². The van der Waals surface area contributed by atoms with Gasteiger partial charge in [0.15, 0.2) is 0 Å². The molecular weight excluding hydrogens is 230 g/mol. The molecular formula is C13H19N3S. The summed E-state index contributed by atoms with van der Waals surface area (Å²) in [5, 5.41) is 13.5. The quantitative estimate of drug-likeness (QED) is 0.869. The summed E-state index contributed by atoms with van der Waals surface area (Å²) in [5.41, 5.74) is 2.05. The molecule has 92 valence electrons. The predicted octanol–water partition coefficient (Wildman–Crippen LogP) is 3.70. The third-order valence-corrected chi connectivity index (χ3v) is 4.52. The molecule has 1 N–H and O–H groups in total. The molecule has 1 aromatic rings. The molecule has 3 nitrogen and oxygen atoms in total. The number of aromatic nitrogens is 1. The monoisotopic (exact) mass is 249 g/mol. The van der Waals surface area contributed by atoms with E-state index >= 15 is 0 Å². The van der Waals surface area contributed by atoms with Crippen molar-refractivity contribution in [3.63, 3.8) is 0 Å². The minimum atomic E-state index is 0.486. The Labute approximate surface area is 107 Å². The molecule has 0 aliphatic heterocycles. The molecule has 17 heavy (non-hydrogen) atoms. The molecule has 0 unspecified atom stereocenters. The van der Waals surface area contributed by atoms with E-state index in [0.29, 0.717) is 11.5 Å². The minimum absolute atomic E-state index is 0.486. The van der Waals surface area contributed by atoms with Crippen molar-refractivity contribution in [2.24, 2.45) is 5.41 Å². The van der Waals surface area contributed by atoms with Gasteiger partial charge in [-0.2, -0.15) is 9.64 Å². The lowest BCUT2D eigenvalue weighted by Crippen LogP contribution is -2.29. The van der Waals surface area contributed by atoms with E-state index in [1.54, 1.807) is 0 Å². The van der Waals surface area contributed by atoms with Gasteiger partial charge in [0, 0.05) is 6.04 Å². The summed E-state index contributed by atoms with van der Waals surface area (Å²) < 4.78 is 4.24. The molecule has 1 aliphatic carbocycles. The summed E-state index contributed by atoms with van der Waals surface area (Å²) in [6, 6.07) is 2.74. The highest BCUT2D eigenvalue weighted by Gasteiger charge is 2.27. The topological polar surface area (TPSA) is 48.7 Å². The van der Waals surface area contributed by atoms with Crippen LogP contribution in [-0.2, 0) is 0 Å². The van der Waals surface area contributed by atoms with Crippen LogP contribution in [0.25, 0.3) is 0 Å². The Morgan fingerprint density at radius 3 is 2.65 bits per heavy atom. The molecule has 0 radical (unpaired) electrons. The molecule has 2 rings (SSSR count). The van der Waals surface area contributed by atoms with Gasteiger partial charge in [0.1, 0.15) is 16.6 Å². The Bertz CT molecular complexity index is 432. The summed E-state index contributed by atoms with van der Waals surface area (Å²) in [4.78, 5) is 0. The van der Waals surface area contributed by atoms with Gasteiger partial charge in [-0.1, -0.05) is 13.8 Å². The van der Waals surface area contributed by atoms with E-state index in [9.17, 15) is 0 Å². The zero-order valence-corrected chi connectivity index (χ0v) is 11.5. The van der Waals surface area contributed by atoms with E-state index in [1.165, 1.54) is 37.2 Å². The third kappa shape index (κ3) is 2.78. The lowest BCUT2D eigenvalue weighted by Gasteiger charge is -2.34. The van der Waals surface area contributed by atoms with Crippen LogP contribution in [0.5, 0.6) is 0 Å². The van der Waals surface area contributed by atoms with Crippen LogP contribution < -0.4 is 5.32 Å². The van der Waals surface area contributed by atoms with Gasteiger partial charge in [-0.3, -0.25) is 0 Å². The Morgan fingerprint density at radius 1 is 1.41 bits per heavy atom. The van der Waals surface area contributed by atoms with Gasteiger partial charge < -0.3 is 5.32 Å². The van der Waals surface area contributed by atoms with Crippen LogP contribution >= 0.6 is 11.5 Å². The molecule has 0 bridgehead atoms. The SMILES string of the molecule is Cc1nsc(NC2CCC(C)(C)CC2)c1C#N. The zero-order valence-electron chi connectivity index (χ0n) is 10.7. The maximum absolute atomic E-state index is 9.08. The molecule has 1 fully saturated rings. The second-order valence-corrected chi connectivity index (χ2v) is 6.44. The first-order chi connectivity index (χ1) is 8.02. The van der Waals surface area contributed by atoms with Crippen LogP contribution in [0.2, 0.25) is 0 Å². The van der Waals surface area contributed by atoms with E-state index in [1.807, 2.05) is 6.92 Å². The number of rotatable bonds is 2. The van der Waals surface area contributed by atoms with Crippen molar-refractivity contribution in [2.75, 3.05) is 5.32 Å². The van der Waals surface area contributed by atoms with Gasteiger partial charge in [-0.05, 0) is 49.6 Å². The Hall–Kier alpha value is -1.08. The van der Waals surface area contributed by atoms with E-state index in [2.05, 4.69) is 29.6 Å². The number of nitrogens with one attached hydrogen (secondary N) is 1. The number of nitrogens with zero attached hydrogens (tertiary/aromatic N) is 2. The highest BCUT2D eigenvalue weighted by atomic mass is 32.1. The van der Waals surface area contributed by atoms with Crippen LogP contribution in [0.3, 0.4) is 0 Å². The molecule has 1 heterocycles. The molecule has 4 heteroatoms. The second kappa shape index (κ2) is 4.66. The van der Waals surface area contributed by atoms with Gasteiger partial charge in [0.05, 0.1) is 5.69 Å². The van der Waals surface area contributed by atoms with Crippen LogP contribution in [0.4, 0.5) is 5.00 Å². The standard InChI is InChI=1S/C13H19N3S/c1-9-11(8-14)12(17-16-9)15-10-4-6-13(2,3)7-5-10/h10,15H,4-7H2,1-3H3. The Kier molecular flexibility index (Phi) is 3.39. The first-order valence-electron chi connectivity index (χ1n) is 6.15. The highest BCUT2D eigenvalue weighted by Crippen LogP contribution is 2.37. The number of anilines is 1. The molecule has 0 spiro atoms. The fourth-order valence-electron chi connectivity index (χ4n) is 2.33.